The van der Waals surface area contributed by atoms with Crippen LogP contribution in [0.4, 0.5) is 0 Å². The monoisotopic (exact) mass is 269 g/mol. The lowest BCUT2D eigenvalue weighted by atomic mass is 9.68. The molecule has 0 aromatic rings. The molecule has 0 radical (unpaired) electrons. The van der Waals surface area contributed by atoms with E-state index >= 15 is 0 Å². The lowest BCUT2D eigenvalue weighted by Crippen LogP contribution is -2.56. The molecule has 108 valence electrons. The third-order valence-electron chi connectivity index (χ3n) is 3.40. The Morgan fingerprint density at radius 3 is 2.42 bits per heavy atom. The molecule has 1 heterocycles. The van der Waals surface area contributed by atoms with Crippen LogP contribution in [0.1, 0.15) is 47.5 Å². The van der Waals surface area contributed by atoms with Crippen LogP contribution >= 0.6 is 0 Å². The number of carboxylic acids is 1. The van der Waals surface area contributed by atoms with Gasteiger partial charge in [-0.05, 0) is 19.3 Å². The van der Waals surface area contributed by atoms with E-state index in [1.165, 1.54) is 0 Å². The van der Waals surface area contributed by atoms with Gasteiger partial charge in [0.2, 0.25) is 0 Å². The summed E-state index contributed by atoms with van der Waals surface area (Å²) < 4.78 is 11.4. The van der Waals surface area contributed by atoms with Crippen LogP contribution in [0.5, 0.6) is 0 Å². The first kappa shape index (κ1) is 15.9. The quantitative estimate of drug-likeness (QED) is 0.851. The summed E-state index contributed by atoms with van der Waals surface area (Å²) in [6.45, 7) is 9.68. The van der Waals surface area contributed by atoms with Gasteiger partial charge in [0, 0.05) is 6.42 Å². The standard InChI is InChI=1S/C14H23NO4/c1-12(2,3)10(9-15)14(8-11(16)17)6-7-18-13(4,5)19-14/h10H,6-8H2,1-5H3,(H,16,17). The van der Waals surface area contributed by atoms with Gasteiger partial charge in [0.25, 0.3) is 0 Å². The Kier molecular flexibility index (Phi) is 4.28. The molecule has 5 heteroatoms. The highest BCUT2D eigenvalue weighted by molar-refractivity contribution is 5.68. The fourth-order valence-electron chi connectivity index (χ4n) is 2.83. The van der Waals surface area contributed by atoms with Crippen LogP contribution in [0.2, 0.25) is 0 Å². The largest absolute Gasteiger partial charge is 0.481 e. The molecule has 19 heavy (non-hydrogen) atoms. The smallest absolute Gasteiger partial charge is 0.306 e. The van der Waals surface area contributed by atoms with Gasteiger partial charge in [-0.1, -0.05) is 20.8 Å². The summed E-state index contributed by atoms with van der Waals surface area (Å²) in [7, 11) is 0. The number of carbonyl (C=O) groups is 1. The van der Waals surface area contributed by atoms with Crippen LogP contribution < -0.4 is 0 Å². The van der Waals surface area contributed by atoms with Gasteiger partial charge in [0.1, 0.15) is 5.60 Å². The average Bonchev–Trinajstić information content (AvgIpc) is 2.11. The third-order valence-corrected chi connectivity index (χ3v) is 3.40. The molecule has 1 saturated heterocycles. The second-order valence-corrected chi connectivity index (χ2v) is 6.66. The molecule has 1 fully saturated rings. The minimum atomic E-state index is -0.999. The van der Waals surface area contributed by atoms with Crippen LogP contribution in [0.3, 0.4) is 0 Å². The highest BCUT2D eigenvalue weighted by Crippen LogP contribution is 2.45. The minimum Gasteiger partial charge on any atom is -0.481 e. The van der Waals surface area contributed by atoms with Crippen LogP contribution in [-0.4, -0.2) is 29.1 Å². The molecule has 0 amide bonds. The van der Waals surface area contributed by atoms with Crippen molar-refractivity contribution in [2.75, 3.05) is 6.61 Å². The van der Waals surface area contributed by atoms with E-state index in [1.807, 2.05) is 20.8 Å². The van der Waals surface area contributed by atoms with Gasteiger partial charge in [0.15, 0.2) is 5.79 Å². The van der Waals surface area contributed by atoms with E-state index in [2.05, 4.69) is 6.07 Å². The van der Waals surface area contributed by atoms with Gasteiger partial charge >= 0.3 is 5.97 Å². The number of carboxylic acid groups (broad SMARTS) is 1. The van der Waals surface area contributed by atoms with Crippen LogP contribution in [0, 0.1) is 22.7 Å². The normalized spacial score (nSPS) is 28.4. The molecule has 0 aliphatic carbocycles. The number of aliphatic carboxylic acids is 1. The molecule has 0 spiro atoms. The highest BCUT2D eigenvalue weighted by atomic mass is 16.7. The SMILES string of the molecule is CC1(C)OCCC(CC(=O)O)(C(C#N)C(C)(C)C)O1. The predicted octanol–water partition coefficient (Wildman–Crippen LogP) is 2.56. The van der Waals surface area contributed by atoms with E-state index in [1.54, 1.807) is 13.8 Å². The summed E-state index contributed by atoms with van der Waals surface area (Å²) in [6.07, 6.45) is 0.230. The first-order chi connectivity index (χ1) is 8.52. The topological polar surface area (TPSA) is 79.5 Å². The molecule has 5 nitrogen and oxygen atoms in total. The summed E-state index contributed by atoms with van der Waals surface area (Å²) in [5, 5.41) is 18.7. The summed E-state index contributed by atoms with van der Waals surface area (Å²) in [5.74, 6) is -2.34. The molecule has 0 aromatic carbocycles. The first-order valence-corrected chi connectivity index (χ1v) is 6.48. The number of nitrogens with zero attached hydrogens (tertiary/aromatic N) is 1. The molecule has 2 unspecified atom stereocenters. The van der Waals surface area contributed by atoms with Crippen molar-refractivity contribution in [3.8, 4) is 6.07 Å². The molecule has 1 rings (SSSR count). The van der Waals surface area contributed by atoms with Crippen molar-refractivity contribution in [1.29, 1.82) is 5.26 Å². The fraction of sp³-hybridized carbons (Fsp3) is 0.857. The lowest BCUT2D eigenvalue weighted by Gasteiger charge is -2.49. The maximum absolute atomic E-state index is 11.2. The first-order valence-electron chi connectivity index (χ1n) is 6.48. The zero-order valence-electron chi connectivity index (χ0n) is 12.3. The van der Waals surface area contributed by atoms with Crippen molar-refractivity contribution in [1.82, 2.24) is 0 Å². The molecule has 1 aliphatic heterocycles. The van der Waals surface area contributed by atoms with Crippen molar-refractivity contribution in [2.24, 2.45) is 11.3 Å². The van der Waals surface area contributed by atoms with Gasteiger partial charge in [-0.3, -0.25) is 4.79 Å². The summed E-state index contributed by atoms with van der Waals surface area (Å²) >= 11 is 0. The second kappa shape index (κ2) is 5.10. The molecular formula is C14H23NO4. The van der Waals surface area contributed by atoms with E-state index in [0.717, 1.165) is 0 Å². The van der Waals surface area contributed by atoms with E-state index in [9.17, 15) is 15.2 Å². The van der Waals surface area contributed by atoms with Crippen LogP contribution in [0.15, 0.2) is 0 Å². The average molecular weight is 269 g/mol. The number of ether oxygens (including phenoxy) is 2. The van der Waals surface area contributed by atoms with Crippen molar-refractivity contribution in [2.45, 2.75) is 58.8 Å². The maximum atomic E-state index is 11.2. The van der Waals surface area contributed by atoms with Gasteiger partial charge < -0.3 is 14.6 Å². The molecule has 1 aliphatic rings. The van der Waals surface area contributed by atoms with E-state index in [4.69, 9.17) is 9.47 Å². The molecular weight excluding hydrogens is 246 g/mol. The van der Waals surface area contributed by atoms with E-state index < -0.39 is 23.3 Å². The molecule has 2 atom stereocenters. The number of rotatable bonds is 3. The van der Waals surface area contributed by atoms with Gasteiger partial charge in [-0.15, -0.1) is 0 Å². The zero-order chi connectivity index (χ0) is 14.9. The van der Waals surface area contributed by atoms with Crippen molar-refractivity contribution in [3.05, 3.63) is 0 Å². The molecule has 0 saturated carbocycles. The van der Waals surface area contributed by atoms with Gasteiger partial charge in [0.05, 0.1) is 25.0 Å². The van der Waals surface area contributed by atoms with Crippen molar-refractivity contribution < 1.29 is 19.4 Å². The van der Waals surface area contributed by atoms with Crippen LogP contribution in [0.25, 0.3) is 0 Å². The molecule has 0 bridgehead atoms. The van der Waals surface area contributed by atoms with E-state index in [0.29, 0.717) is 13.0 Å². The van der Waals surface area contributed by atoms with Gasteiger partial charge in [-0.2, -0.15) is 5.26 Å². The predicted molar refractivity (Wildman–Crippen MR) is 69.3 cm³/mol. The maximum Gasteiger partial charge on any atom is 0.306 e. The molecule has 0 aromatic heterocycles. The Morgan fingerprint density at radius 2 is 2.05 bits per heavy atom. The number of hydrogen-bond acceptors (Lipinski definition) is 4. The summed E-state index contributed by atoms with van der Waals surface area (Å²) in [4.78, 5) is 11.2. The zero-order valence-corrected chi connectivity index (χ0v) is 12.3. The minimum absolute atomic E-state index is 0.185. The van der Waals surface area contributed by atoms with Crippen molar-refractivity contribution in [3.63, 3.8) is 0 Å². The second-order valence-electron chi connectivity index (χ2n) is 6.66. The third kappa shape index (κ3) is 3.68. The highest BCUT2D eigenvalue weighted by Gasteiger charge is 2.52. The Morgan fingerprint density at radius 1 is 1.47 bits per heavy atom. The Hall–Kier alpha value is -1.12. The Balaban J connectivity index is 3.19. The number of nitriles is 1. The lowest BCUT2D eigenvalue weighted by molar-refractivity contribution is -0.324. The number of hydrogen-bond donors (Lipinski definition) is 1. The Labute approximate surface area is 114 Å². The summed E-state index contributed by atoms with van der Waals surface area (Å²) in [5.41, 5.74) is -1.36. The molecule has 1 N–H and O–H groups in total. The fourth-order valence-corrected chi connectivity index (χ4v) is 2.83. The van der Waals surface area contributed by atoms with Crippen LogP contribution in [-0.2, 0) is 14.3 Å². The van der Waals surface area contributed by atoms with Crippen molar-refractivity contribution >= 4 is 5.97 Å². The van der Waals surface area contributed by atoms with E-state index in [-0.39, 0.29) is 11.8 Å². The summed E-state index contributed by atoms with van der Waals surface area (Å²) in [6, 6.07) is 2.25. The Bertz CT molecular complexity index is 391. The van der Waals surface area contributed by atoms with Gasteiger partial charge in [-0.25, -0.2) is 0 Å².